The molecule has 8 heteroatoms. The highest BCUT2D eigenvalue weighted by Crippen LogP contribution is 2.60. The van der Waals surface area contributed by atoms with Crippen LogP contribution < -0.4 is 9.42 Å². The predicted molar refractivity (Wildman–Crippen MR) is 93.0 cm³/mol. The Bertz CT molecular complexity index is 686. The monoisotopic (exact) mass is 380 g/mol. The zero-order valence-corrected chi connectivity index (χ0v) is 14.8. The van der Waals surface area contributed by atoms with Gasteiger partial charge >= 0.3 is 7.94 Å². The lowest BCUT2D eigenvalue weighted by atomic mass is 10.1. The van der Waals surface area contributed by atoms with Gasteiger partial charge in [0.25, 0.3) is 5.85 Å². The van der Waals surface area contributed by atoms with Crippen LogP contribution in [0.3, 0.4) is 0 Å². The number of aliphatic hydroxyl groups is 3. The minimum atomic E-state index is -4.12. The maximum Gasteiger partial charge on any atom is 0.317 e. The lowest BCUT2D eigenvalue weighted by molar-refractivity contribution is -0.253. The van der Waals surface area contributed by atoms with Crippen molar-refractivity contribution in [3.05, 3.63) is 66.2 Å². The average Bonchev–Trinajstić information content (AvgIpc) is 2.66. The average molecular weight is 380 g/mol. The summed E-state index contributed by atoms with van der Waals surface area (Å²) in [6.07, 6.45) is -4.24. The first-order valence-electron chi connectivity index (χ1n) is 8.18. The van der Waals surface area contributed by atoms with Crippen LogP contribution in [0.25, 0.3) is 0 Å². The Balaban J connectivity index is 1.65. The second kappa shape index (κ2) is 8.41. The van der Waals surface area contributed by atoms with Crippen LogP contribution in [0, 0.1) is 0 Å². The summed E-state index contributed by atoms with van der Waals surface area (Å²) in [5, 5.41) is 30.3. The van der Waals surface area contributed by atoms with E-state index >= 15 is 0 Å². The zero-order chi connectivity index (χ0) is 18.6. The van der Waals surface area contributed by atoms with Gasteiger partial charge in [-0.3, -0.25) is 0 Å². The number of benzene rings is 2. The molecule has 1 fully saturated rings. The summed E-state index contributed by atoms with van der Waals surface area (Å²) in [6, 6.07) is 17.6. The molecule has 26 heavy (non-hydrogen) atoms. The first kappa shape index (κ1) is 19.2. The first-order chi connectivity index (χ1) is 12.5. The molecule has 3 rings (SSSR count). The highest BCUT2D eigenvalue weighted by molar-refractivity contribution is 7.60. The molecule has 2 aromatic carbocycles. The first-order valence-corrected chi connectivity index (χ1v) is 9.79. The van der Waals surface area contributed by atoms with Gasteiger partial charge in [-0.1, -0.05) is 48.5 Å². The highest BCUT2D eigenvalue weighted by atomic mass is 31.2. The van der Waals surface area contributed by atoms with Crippen molar-refractivity contribution in [1.82, 2.24) is 0 Å². The molecule has 5 atom stereocenters. The highest BCUT2D eigenvalue weighted by Gasteiger charge is 2.57. The number of hydrogen-bond donors (Lipinski definition) is 3. The van der Waals surface area contributed by atoms with E-state index in [-0.39, 0.29) is 19.0 Å². The molecule has 140 valence electrons. The minimum absolute atomic E-state index is 0.123. The second-order valence-corrected chi connectivity index (χ2v) is 7.99. The maximum absolute atomic E-state index is 12.9. The largest absolute Gasteiger partial charge is 0.622 e. The molecule has 0 spiro atoms. The summed E-state index contributed by atoms with van der Waals surface area (Å²) in [5.41, 5.74) is 0.919. The van der Waals surface area contributed by atoms with Crippen molar-refractivity contribution >= 4 is 7.94 Å². The lowest BCUT2D eigenvalue weighted by Gasteiger charge is -2.42. The van der Waals surface area contributed by atoms with Gasteiger partial charge in [-0.15, -0.1) is 0 Å². The number of hydrogen-bond acceptors (Lipinski definition) is 7. The van der Waals surface area contributed by atoms with Crippen molar-refractivity contribution in [3.8, 4) is 5.75 Å². The summed E-state index contributed by atoms with van der Waals surface area (Å²) in [7, 11) is -4.12. The molecular weight excluding hydrogens is 359 g/mol. The van der Waals surface area contributed by atoms with Gasteiger partial charge in [-0.2, -0.15) is 4.52 Å². The smallest absolute Gasteiger partial charge is 0.317 e. The lowest BCUT2D eigenvalue weighted by Crippen LogP contribution is -2.56. The van der Waals surface area contributed by atoms with Gasteiger partial charge in [0, 0.05) is 0 Å². The number of aliphatic hydroxyl groups excluding tert-OH is 3. The van der Waals surface area contributed by atoms with Gasteiger partial charge in [-0.05, 0) is 17.7 Å². The third-order valence-corrected chi connectivity index (χ3v) is 6.00. The molecule has 7 nitrogen and oxygen atoms in total. The van der Waals surface area contributed by atoms with Crippen molar-refractivity contribution in [3.63, 3.8) is 0 Å². The molecule has 0 aliphatic carbocycles. The Morgan fingerprint density at radius 2 is 1.54 bits per heavy atom. The topological polar surface area (TPSA) is 111 Å². The number of ether oxygens (including phenoxy) is 1. The molecule has 1 unspecified atom stereocenters. The molecule has 0 bridgehead atoms. The summed E-state index contributed by atoms with van der Waals surface area (Å²) in [4.78, 5) is 12.9. The predicted octanol–water partition coefficient (Wildman–Crippen LogP) is 0.844. The van der Waals surface area contributed by atoms with Gasteiger partial charge in [0.1, 0.15) is 12.2 Å². The molecule has 1 aliphatic heterocycles. The van der Waals surface area contributed by atoms with Gasteiger partial charge in [0.15, 0.2) is 11.9 Å². The Kier molecular flexibility index (Phi) is 6.21. The molecule has 1 saturated heterocycles. The van der Waals surface area contributed by atoms with Crippen molar-refractivity contribution < 1.29 is 34.0 Å². The fraction of sp³-hybridized carbons (Fsp3) is 0.333. The SMILES string of the molecule is [O-][P+]1(Oc2ccccc2)O[C@H](COCc2ccccc2)[C@@H](O)[C@H](O)[C@@H]1O. The normalized spacial score (nSPS) is 31.5. The molecule has 0 saturated carbocycles. The maximum atomic E-state index is 12.9. The van der Waals surface area contributed by atoms with E-state index in [2.05, 4.69) is 0 Å². The number of rotatable bonds is 6. The molecular formula is C18H21O7P. The minimum Gasteiger partial charge on any atom is -0.622 e. The molecule has 0 radical (unpaired) electrons. The van der Waals surface area contributed by atoms with E-state index in [0.29, 0.717) is 0 Å². The van der Waals surface area contributed by atoms with Crippen LogP contribution in [0.4, 0.5) is 0 Å². The Hall–Kier alpha value is -1.57. The van der Waals surface area contributed by atoms with Crippen LogP contribution in [0.15, 0.2) is 60.7 Å². The van der Waals surface area contributed by atoms with Crippen molar-refractivity contribution in [2.24, 2.45) is 0 Å². The Morgan fingerprint density at radius 3 is 2.19 bits per heavy atom. The van der Waals surface area contributed by atoms with Crippen molar-refractivity contribution in [2.75, 3.05) is 6.61 Å². The molecule has 3 N–H and O–H groups in total. The van der Waals surface area contributed by atoms with Crippen LogP contribution >= 0.6 is 7.94 Å². The number of para-hydroxylation sites is 1. The van der Waals surface area contributed by atoms with E-state index in [1.807, 2.05) is 30.3 Å². The van der Waals surface area contributed by atoms with Crippen molar-refractivity contribution in [2.45, 2.75) is 30.8 Å². The Morgan fingerprint density at radius 1 is 0.923 bits per heavy atom. The molecule has 1 heterocycles. The zero-order valence-electron chi connectivity index (χ0n) is 13.9. The van der Waals surface area contributed by atoms with Crippen LogP contribution in [0.2, 0.25) is 0 Å². The molecule has 0 aromatic heterocycles. The van der Waals surface area contributed by atoms with E-state index < -0.39 is 32.1 Å². The third kappa shape index (κ3) is 4.39. The van der Waals surface area contributed by atoms with E-state index in [1.54, 1.807) is 30.3 Å². The molecule has 1 aliphatic rings. The fourth-order valence-electron chi connectivity index (χ4n) is 2.60. The second-order valence-electron chi connectivity index (χ2n) is 5.98. The van der Waals surface area contributed by atoms with Crippen LogP contribution in [0.1, 0.15) is 5.56 Å². The van der Waals surface area contributed by atoms with Gasteiger partial charge in [0.05, 0.1) is 13.2 Å². The van der Waals surface area contributed by atoms with Crippen LogP contribution in [0.5, 0.6) is 5.75 Å². The summed E-state index contributed by atoms with van der Waals surface area (Å²) < 4.78 is 16.2. The van der Waals surface area contributed by atoms with Gasteiger partial charge < -0.3 is 29.5 Å². The fourth-order valence-corrected chi connectivity index (χ4v) is 4.40. The van der Waals surface area contributed by atoms with Gasteiger partial charge in [0.2, 0.25) is 0 Å². The van der Waals surface area contributed by atoms with E-state index in [9.17, 15) is 20.2 Å². The summed E-state index contributed by atoms with van der Waals surface area (Å²) in [6.45, 7) is 0.137. The van der Waals surface area contributed by atoms with E-state index in [1.165, 1.54) is 0 Å². The van der Waals surface area contributed by atoms with Crippen LogP contribution in [-0.2, 0) is 15.9 Å². The standard InChI is InChI=1S/C18H21O7P/c19-16-15(12-23-11-13-7-3-1-4-8-13)25-26(22,18(21)17(16)20)24-14-9-5-2-6-10-14/h1-10,15-21H,11-12H2/t15-,16-,17+,18-,26?/m1/s1. The Labute approximate surface area is 152 Å². The van der Waals surface area contributed by atoms with Gasteiger partial charge in [-0.25, -0.2) is 0 Å². The third-order valence-electron chi connectivity index (χ3n) is 4.01. The summed E-state index contributed by atoms with van der Waals surface area (Å²) >= 11 is 0. The van der Waals surface area contributed by atoms with Crippen LogP contribution in [-0.4, -0.2) is 46.1 Å². The summed E-state index contributed by atoms with van der Waals surface area (Å²) in [5.74, 6) is -1.63. The van der Waals surface area contributed by atoms with Crippen molar-refractivity contribution in [1.29, 1.82) is 0 Å². The van der Waals surface area contributed by atoms with E-state index in [4.69, 9.17) is 13.8 Å². The van der Waals surface area contributed by atoms with E-state index in [0.717, 1.165) is 5.56 Å². The molecule has 0 amide bonds. The quantitative estimate of drug-likeness (QED) is 0.637. The molecule has 2 aromatic rings.